The van der Waals surface area contributed by atoms with Crippen molar-refractivity contribution in [3.8, 4) is 0 Å². The maximum absolute atomic E-state index is 13.2. The molecule has 30 heavy (non-hydrogen) atoms. The minimum atomic E-state index is -0.295. The Bertz CT molecular complexity index is 775. The summed E-state index contributed by atoms with van der Waals surface area (Å²) in [6, 6.07) is 1.52. The van der Waals surface area contributed by atoms with Crippen molar-refractivity contribution < 1.29 is 18.8 Å². The van der Waals surface area contributed by atoms with E-state index in [4.69, 9.17) is 4.42 Å². The molecule has 1 saturated carbocycles. The maximum atomic E-state index is 13.2. The third kappa shape index (κ3) is 4.40. The van der Waals surface area contributed by atoms with Crippen molar-refractivity contribution >= 4 is 17.7 Å². The highest BCUT2D eigenvalue weighted by Crippen LogP contribution is 2.29. The number of likely N-dealkylation sites (tertiary alicyclic amines) is 2. The molecule has 3 aliphatic rings. The topological polar surface area (TPSA) is 82.9 Å². The van der Waals surface area contributed by atoms with E-state index in [1.54, 1.807) is 6.07 Å². The molecule has 0 bridgehead atoms. The molecular weight excluding hydrogens is 382 g/mol. The third-order valence-corrected chi connectivity index (χ3v) is 6.99. The fourth-order valence-corrected chi connectivity index (χ4v) is 5.18. The van der Waals surface area contributed by atoms with E-state index in [1.807, 2.05) is 16.7 Å². The molecule has 0 spiro atoms. The third-order valence-electron chi connectivity index (χ3n) is 6.99. The zero-order valence-electron chi connectivity index (χ0n) is 17.9. The number of piperidine rings is 1. The van der Waals surface area contributed by atoms with Gasteiger partial charge >= 0.3 is 0 Å². The molecule has 164 valence electrons. The Hall–Kier alpha value is -2.31. The molecule has 1 aromatic heterocycles. The summed E-state index contributed by atoms with van der Waals surface area (Å²) in [6.45, 7) is 3.79. The number of hydrogen-bond donors (Lipinski definition) is 1. The molecule has 0 radical (unpaired) electrons. The minimum Gasteiger partial charge on any atom is -0.459 e. The van der Waals surface area contributed by atoms with E-state index >= 15 is 0 Å². The lowest BCUT2D eigenvalue weighted by atomic mass is 9.88. The number of amides is 3. The molecule has 1 aromatic rings. The highest BCUT2D eigenvalue weighted by molar-refractivity contribution is 5.93. The van der Waals surface area contributed by atoms with Crippen molar-refractivity contribution in [2.24, 2.45) is 5.92 Å². The van der Waals surface area contributed by atoms with Crippen LogP contribution in [-0.2, 0) is 9.59 Å². The van der Waals surface area contributed by atoms with Gasteiger partial charge in [-0.1, -0.05) is 19.3 Å². The van der Waals surface area contributed by atoms with Crippen molar-refractivity contribution in [1.82, 2.24) is 15.1 Å². The summed E-state index contributed by atoms with van der Waals surface area (Å²) in [6.07, 6.45) is 10.0. The molecule has 4 rings (SSSR count). The molecular formula is C23H33N3O4. The molecule has 3 fully saturated rings. The van der Waals surface area contributed by atoms with Gasteiger partial charge < -0.3 is 19.5 Å². The number of aryl methyl sites for hydroxylation is 1. The maximum Gasteiger partial charge on any atom is 0.287 e. The van der Waals surface area contributed by atoms with Gasteiger partial charge in [0.1, 0.15) is 6.04 Å². The minimum absolute atomic E-state index is 0.0367. The van der Waals surface area contributed by atoms with Crippen LogP contribution in [0.1, 0.15) is 73.9 Å². The molecule has 3 heterocycles. The van der Waals surface area contributed by atoms with E-state index in [0.29, 0.717) is 25.4 Å². The number of carbonyl (C=O) groups excluding carboxylic acids is 3. The normalized spacial score (nSPS) is 23.6. The van der Waals surface area contributed by atoms with Crippen LogP contribution in [0.2, 0.25) is 0 Å². The van der Waals surface area contributed by atoms with Crippen LogP contribution in [0.5, 0.6) is 0 Å². The number of carbonyl (C=O) groups is 3. The monoisotopic (exact) mass is 415 g/mol. The summed E-state index contributed by atoms with van der Waals surface area (Å²) >= 11 is 0. The van der Waals surface area contributed by atoms with Crippen LogP contribution in [0.4, 0.5) is 0 Å². The molecule has 7 nitrogen and oxygen atoms in total. The average Bonchev–Trinajstić information content (AvgIpc) is 3.43. The van der Waals surface area contributed by atoms with Gasteiger partial charge in [0.2, 0.25) is 11.8 Å². The number of nitrogens with zero attached hydrogens (tertiary/aromatic N) is 2. The Morgan fingerprint density at radius 3 is 2.33 bits per heavy atom. The van der Waals surface area contributed by atoms with Crippen molar-refractivity contribution in [3.05, 3.63) is 23.7 Å². The smallest absolute Gasteiger partial charge is 0.287 e. The lowest BCUT2D eigenvalue weighted by molar-refractivity contribution is -0.147. The largest absolute Gasteiger partial charge is 0.459 e. The van der Waals surface area contributed by atoms with Gasteiger partial charge in [-0.15, -0.1) is 0 Å². The van der Waals surface area contributed by atoms with E-state index in [-0.39, 0.29) is 35.7 Å². The zero-order valence-corrected chi connectivity index (χ0v) is 17.9. The second kappa shape index (κ2) is 9.23. The Morgan fingerprint density at radius 1 is 0.933 bits per heavy atom. The van der Waals surface area contributed by atoms with Gasteiger partial charge in [-0.3, -0.25) is 14.4 Å². The Morgan fingerprint density at radius 2 is 1.67 bits per heavy atom. The highest BCUT2D eigenvalue weighted by Gasteiger charge is 2.39. The van der Waals surface area contributed by atoms with Crippen molar-refractivity contribution in [1.29, 1.82) is 0 Å². The van der Waals surface area contributed by atoms with Gasteiger partial charge in [0.05, 0.1) is 6.26 Å². The van der Waals surface area contributed by atoms with Crippen LogP contribution in [0.3, 0.4) is 0 Å². The molecule has 1 N–H and O–H groups in total. The first kappa shape index (κ1) is 20.9. The molecule has 2 saturated heterocycles. The molecule has 2 aliphatic heterocycles. The molecule has 0 aromatic carbocycles. The van der Waals surface area contributed by atoms with E-state index in [2.05, 4.69) is 5.32 Å². The molecule has 1 unspecified atom stereocenters. The van der Waals surface area contributed by atoms with Gasteiger partial charge in [-0.2, -0.15) is 0 Å². The zero-order chi connectivity index (χ0) is 21.1. The summed E-state index contributed by atoms with van der Waals surface area (Å²) in [7, 11) is 0. The summed E-state index contributed by atoms with van der Waals surface area (Å²) in [5.74, 6) is 0.557. The number of furan rings is 1. The number of hydrogen-bond acceptors (Lipinski definition) is 4. The van der Waals surface area contributed by atoms with Crippen LogP contribution in [-0.4, -0.2) is 59.2 Å². The fraction of sp³-hybridized carbons (Fsp3) is 0.696. The highest BCUT2D eigenvalue weighted by atomic mass is 16.3. The van der Waals surface area contributed by atoms with Gasteiger partial charge in [0, 0.05) is 37.2 Å². The molecule has 3 amide bonds. The van der Waals surface area contributed by atoms with E-state index in [9.17, 15) is 14.4 Å². The first-order valence-electron chi connectivity index (χ1n) is 11.5. The van der Waals surface area contributed by atoms with Gasteiger partial charge in [-0.05, 0) is 51.5 Å². The fourth-order valence-electron chi connectivity index (χ4n) is 5.18. The van der Waals surface area contributed by atoms with Gasteiger partial charge in [0.15, 0.2) is 5.76 Å². The summed E-state index contributed by atoms with van der Waals surface area (Å²) in [4.78, 5) is 42.3. The second-order valence-corrected chi connectivity index (χ2v) is 9.03. The second-order valence-electron chi connectivity index (χ2n) is 9.03. The quantitative estimate of drug-likeness (QED) is 0.820. The SMILES string of the molecule is Cc1ccoc1C(=O)NC1CCN(C(=O)C2CCCN2C(=O)C2CCCCC2)CC1. The predicted molar refractivity (Wildman–Crippen MR) is 112 cm³/mol. The number of rotatable bonds is 4. The standard InChI is InChI=1S/C23H33N3O4/c1-16-11-15-30-20(16)21(27)24-18-9-13-25(14-10-18)23(29)19-8-5-12-26(19)22(28)17-6-3-2-4-7-17/h11,15,17-19H,2-10,12-14H2,1H3,(H,24,27). The summed E-state index contributed by atoms with van der Waals surface area (Å²) < 4.78 is 5.26. The number of nitrogens with one attached hydrogen (secondary N) is 1. The van der Waals surface area contributed by atoms with Gasteiger partial charge in [0.25, 0.3) is 5.91 Å². The Kier molecular flexibility index (Phi) is 6.44. The molecule has 7 heteroatoms. The predicted octanol–water partition coefficient (Wildman–Crippen LogP) is 2.88. The Labute approximate surface area is 178 Å². The molecule has 1 aliphatic carbocycles. The van der Waals surface area contributed by atoms with E-state index in [1.165, 1.54) is 12.7 Å². The molecule has 1 atom stereocenters. The van der Waals surface area contributed by atoms with Crippen LogP contribution >= 0.6 is 0 Å². The van der Waals surface area contributed by atoms with Crippen molar-refractivity contribution in [2.45, 2.75) is 76.8 Å². The van der Waals surface area contributed by atoms with E-state index < -0.39 is 0 Å². The van der Waals surface area contributed by atoms with E-state index in [0.717, 1.165) is 56.9 Å². The van der Waals surface area contributed by atoms with Crippen molar-refractivity contribution in [2.75, 3.05) is 19.6 Å². The first-order chi connectivity index (χ1) is 14.5. The summed E-state index contributed by atoms with van der Waals surface area (Å²) in [5.41, 5.74) is 0.823. The Balaban J connectivity index is 1.29. The van der Waals surface area contributed by atoms with Crippen LogP contribution in [0.15, 0.2) is 16.7 Å². The lowest BCUT2D eigenvalue weighted by Crippen LogP contribution is -2.53. The van der Waals surface area contributed by atoms with Gasteiger partial charge in [-0.25, -0.2) is 0 Å². The van der Waals surface area contributed by atoms with Crippen LogP contribution < -0.4 is 5.32 Å². The lowest BCUT2D eigenvalue weighted by Gasteiger charge is -2.36. The van der Waals surface area contributed by atoms with Crippen molar-refractivity contribution in [3.63, 3.8) is 0 Å². The first-order valence-corrected chi connectivity index (χ1v) is 11.5. The summed E-state index contributed by atoms with van der Waals surface area (Å²) in [5, 5.41) is 3.03. The average molecular weight is 416 g/mol. The van der Waals surface area contributed by atoms with Crippen LogP contribution in [0, 0.1) is 12.8 Å². The van der Waals surface area contributed by atoms with Crippen LogP contribution in [0.25, 0.3) is 0 Å².